The summed E-state index contributed by atoms with van der Waals surface area (Å²) in [6.45, 7) is 1.54. The van der Waals surface area contributed by atoms with Crippen LogP contribution < -0.4 is 11.1 Å². The monoisotopic (exact) mass is 183 g/mol. The molecule has 1 heterocycles. The number of aryl methyl sites for hydroxylation is 1. The van der Waals surface area contributed by atoms with Crippen LogP contribution in [0.1, 0.15) is 6.42 Å². The lowest BCUT2D eigenvalue weighted by molar-refractivity contribution is -0.121. The second kappa shape index (κ2) is 5.26. The molecule has 0 saturated heterocycles. The van der Waals surface area contributed by atoms with Crippen LogP contribution in [-0.2, 0) is 11.3 Å². The number of nitrogens with two attached hydrogens (primary N) is 1. The van der Waals surface area contributed by atoms with Crippen molar-refractivity contribution in [3.63, 3.8) is 0 Å². The Hall–Kier alpha value is -1.43. The maximum atomic E-state index is 11.1. The van der Waals surface area contributed by atoms with Gasteiger partial charge in [-0.25, -0.2) is 4.98 Å². The van der Waals surface area contributed by atoms with Gasteiger partial charge in [-0.1, -0.05) is 0 Å². The summed E-state index contributed by atoms with van der Waals surface area (Å²) in [5.74, 6) is -0.0130. The third-order valence-electron chi connectivity index (χ3n) is 1.50. The number of carbonyl (C=O) groups is 1. The molecule has 13 heavy (non-hydrogen) atoms. The molecular weight excluding hydrogens is 170 g/mol. The zero-order chi connectivity index (χ0) is 9.52. The van der Waals surface area contributed by atoms with Crippen LogP contribution in [0.5, 0.6) is 0 Å². The van der Waals surface area contributed by atoms with Gasteiger partial charge < -0.3 is 11.1 Å². The summed E-state index contributed by atoms with van der Waals surface area (Å²) < 4.78 is 1.61. The Morgan fingerprint density at radius 3 is 3.08 bits per heavy atom. The van der Waals surface area contributed by atoms with Gasteiger partial charge in [-0.2, -0.15) is 5.10 Å². The van der Waals surface area contributed by atoms with E-state index in [4.69, 9.17) is 5.73 Å². The molecule has 0 atom stereocenters. The molecule has 0 spiro atoms. The maximum absolute atomic E-state index is 11.1. The quantitative estimate of drug-likeness (QED) is 0.596. The Morgan fingerprint density at radius 2 is 2.46 bits per heavy atom. The second-order valence-electron chi connectivity index (χ2n) is 2.55. The summed E-state index contributed by atoms with van der Waals surface area (Å²) >= 11 is 0. The van der Waals surface area contributed by atoms with Crippen LogP contribution in [0.15, 0.2) is 12.7 Å². The smallest absolute Gasteiger partial charge is 0.221 e. The number of nitrogens with one attached hydrogen (secondary N) is 1. The zero-order valence-electron chi connectivity index (χ0n) is 7.31. The van der Waals surface area contributed by atoms with Crippen molar-refractivity contribution in [1.82, 2.24) is 20.1 Å². The summed E-state index contributed by atoms with van der Waals surface area (Å²) in [5.41, 5.74) is 5.23. The summed E-state index contributed by atoms with van der Waals surface area (Å²) in [4.78, 5) is 14.8. The van der Waals surface area contributed by atoms with E-state index in [2.05, 4.69) is 15.4 Å². The fraction of sp³-hybridized carbons (Fsp3) is 0.571. The molecule has 1 amide bonds. The van der Waals surface area contributed by atoms with E-state index in [1.54, 1.807) is 11.0 Å². The molecule has 0 aromatic carbocycles. The molecule has 1 aromatic heterocycles. The lowest BCUT2D eigenvalue weighted by Crippen LogP contribution is -2.29. The molecule has 1 rings (SSSR count). The van der Waals surface area contributed by atoms with E-state index in [0.717, 1.165) is 0 Å². The molecule has 0 bridgehead atoms. The molecule has 0 aliphatic carbocycles. The standard InChI is InChI=1S/C7H13N5O/c8-2-3-10-7(13)1-4-12-6-9-5-11-12/h5-6H,1-4,8H2,(H,10,13). The summed E-state index contributed by atoms with van der Waals surface area (Å²) in [5, 5.41) is 6.54. The van der Waals surface area contributed by atoms with Crippen molar-refractivity contribution in [3.05, 3.63) is 12.7 Å². The Bertz CT molecular complexity index is 245. The first-order valence-corrected chi connectivity index (χ1v) is 4.12. The van der Waals surface area contributed by atoms with Crippen LogP contribution >= 0.6 is 0 Å². The van der Waals surface area contributed by atoms with Gasteiger partial charge in [0.15, 0.2) is 0 Å². The normalized spacial score (nSPS) is 9.92. The first-order valence-electron chi connectivity index (χ1n) is 4.12. The van der Waals surface area contributed by atoms with Crippen LogP contribution in [0.3, 0.4) is 0 Å². The predicted octanol–water partition coefficient (Wildman–Crippen LogP) is -1.26. The van der Waals surface area contributed by atoms with E-state index in [1.165, 1.54) is 6.33 Å². The molecule has 0 unspecified atom stereocenters. The second-order valence-corrected chi connectivity index (χ2v) is 2.55. The average Bonchev–Trinajstić information content (AvgIpc) is 2.64. The predicted molar refractivity (Wildman–Crippen MR) is 46.7 cm³/mol. The Balaban J connectivity index is 2.15. The third-order valence-corrected chi connectivity index (χ3v) is 1.50. The van der Waals surface area contributed by atoms with E-state index < -0.39 is 0 Å². The summed E-state index contributed by atoms with van der Waals surface area (Å²) in [7, 11) is 0. The number of rotatable bonds is 5. The fourth-order valence-corrected chi connectivity index (χ4v) is 0.864. The van der Waals surface area contributed by atoms with E-state index in [0.29, 0.717) is 26.1 Å². The summed E-state index contributed by atoms with van der Waals surface area (Å²) in [6, 6.07) is 0. The molecule has 6 heteroatoms. The topological polar surface area (TPSA) is 85.8 Å². The molecule has 6 nitrogen and oxygen atoms in total. The number of nitrogens with zero attached hydrogens (tertiary/aromatic N) is 3. The maximum Gasteiger partial charge on any atom is 0.221 e. The molecular formula is C7H13N5O. The first kappa shape index (κ1) is 9.66. The average molecular weight is 183 g/mol. The van der Waals surface area contributed by atoms with E-state index in [-0.39, 0.29) is 5.91 Å². The number of hydrogen-bond donors (Lipinski definition) is 2. The zero-order valence-corrected chi connectivity index (χ0v) is 7.31. The van der Waals surface area contributed by atoms with Crippen molar-refractivity contribution < 1.29 is 4.79 Å². The van der Waals surface area contributed by atoms with Gasteiger partial charge in [0.05, 0.1) is 6.54 Å². The van der Waals surface area contributed by atoms with E-state index in [1.807, 2.05) is 0 Å². The minimum absolute atomic E-state index is 0.0130. The molecule has 0 aliphatic heterocycles. The van der Waals surface area contributed by atoms with Gasteiger partial charge in [0, 0.05) is 19.5 Å². The van der Waals surface area contributed by atoms with Crippen molar-refractivity contribution in [2.75, 3.05) is 13.1 Å². The van der Waals surface area contributed by atoms with E-state index in [9.17, 15) is 4.79 Å². The van der Waals surface area contributed by atoms with Gasteiger partial charge >= 0.3 is 0 Å². The van der Waals surface area contributed by atoms with Crippen molar-refractivity contribution in [2.24, 2.45) is 5.73 Å². The van der Waals surface area contributed by atoms with E-state index >= 15 is 0 Å². The van der Waals surface area contributed by atoms with Gasteiger partial charge in [0.1, 0.15) is 12.7 Å². The Morgan fingerprint density at radius 1 is 1.62 bits per heavy atom. The highest BCUT2D eigenvalue weighted by molar-refractivity contribution is 5.75. The van der Waals surface area contributed by atoms with Crippen LogP contribution in [0.2, 0.25) is 0 Å². The van der Waals surface area contributed by atoms with Gasteiger partial charge in [-0.05, 0) is 0 Å². The van der Waals surface area contributed by atoms with Crippen LogP contribution in [0.25, 0.3) is 0 Å². The third kappa shape index (κ3) is 3.66. The Kier molecular flexibility index (Phi) is 3.90. The minimum atomic E-state index is -0.0130. The molecule has 0 saturated carbocycles. The highest BCUT2D eigenvalue weighted by Gasteiger charge is 2.00. The largest absolute Gasteiger partial charge is 0.355 e. The van der Waals surface area contributed by atoms with Crippen molar-refractivity contribution in [3.8, 4) is 0 Å². The molecule has 0 radical (unpaired) electrons. The first-order chi connectivity index (χ1) is 6.33. The highest BCUT2D eigenvalue weighted by Crippen LogP contribution is 1.86. The molecule has 72 valence electrons. The fourth-order valence-electron chi connectivity index (χ4n) is 0.864. The SMILES string of the molecule is NCCNC(=O)CCn1cncn1. The lowest BCUT2D eigenvalue weighted by Gasteiger charge is -2.02. The lowest BCUT2D eigenvalue weighted by atomic mass is 10.4. The van der Waals surface area contributed by atoms with Gasteiger partial charge in [0.2, 0.25) is 5.91 Å². The molecule has 0 aliphatic rings. The van der Waals surface area contributed by atoms with Crippen molar-refractivity contribution >= 4 is 5.91 Å². The Labute approximate surface area is 76.1 Å². The molecule has 3 N–H and O–H groups in total. The summed E-state index contributed by atoms with van der Waals surface area (Å²) in [6.07, 6.45) is 3.43. The molecule has 1 aromatic rings. The van der Waals surface area contributed by atoms with Crippen molar-refractivity contribution in [2.45, 2.75) is 13.0 Å². The number of aromatic nitrogens is 3. The van der Waals surface area contributed by atoms with Gasteiger partial charge in [-0.3, -0.25) is 9.48 Å². The number of carbonyl (C=O) groups excluding carboxylic acids is 1. The van der Waals surface area contributed by atoms with Crippen LogP contribution in [0, 0.1) is 0 Å². The highest BCUT2D eigenvalue weighted by atomic mass is 16.1. The van der Waals surface area contributed by atoms with Crippen LogP contribution in [-0.4, -0.2) is 33.8 Å². The number of hydrogen-bond acceptors (Lipinski definition) is 4. The minimum Gasteiger partial charge on any atom is -0.355 e. The number of amides is 1. The van der Waals surface area contributed by atoms with Crippen LogP contribution in [0.4, 0.5) is 0 Å². The van der Waals surface area contributed by atoms with Crippen molar-refractivity contribution in [1.29, 1.82) is 0 Å². The molecule has 0 fully saturated rings. The van der Waals surface area contributed by atoms with Gasteiger partial charge in [-0.15, -0.1) is 0 Å². The van der Waals surface area contributed by atoms with Gasteiger partial charge in [0.25, 0.3) is 0 Å².